The smallest absolute Gasteiger partial charge is 0.224 e. The fourth-order valence-corrected chi connectivity index (χ4v) is 1.41. The molecule has 78 valence electrons. The van der Waals surface area contributed by atoms with Gasteiger partial charge in [-0.1, -0.05) is 0 Å². The summed E-state index contributed by atoms with van der Waals surface area (Å²) in [5, 5.41) is 7.55. The van der Waals surface area contributed by atoms with Crippen LogP contribution in [-0.4, -0.2) is 19.7 Å². The van der Waals surface area contributed by atoms with E-state index in [0.29, 0.717) is 5.82 Å². The number of aromatic nitrogens is 4. The van der Waals surface area contributed by atoms with Gasteiger partial charge in [-0.15, -0.1) is 0 Å². The zero-order valence-electron chi connectivity index (χ0n) is 8.40. The Hall–Kier alpha value is -1.62. The first-order chi connectivity index (χ1) is 7.15. The van der Waals surface area contributed by atoms with E-state index in [1.165, 1.54) is 0 Å². The van der Waals surface area contributed by atoms with Gasteiger partial charge in [0, 0.05) is 19.4 Å². The predicted molar refractivity (Wildman–Crippen MR) is 58.3 cm³/mol. The lowest BCUT2D eigenvalue weighted by Crippen LogP contribution is -1.94. The van der Waals surface area contributed by atoms with Crippen LogP contribution < -0.4 is 5.32 Å². The molecule has 0 aliphatic rings. The lowest BCUT2D eigenvalue weighted by molar-refractivity contribution is 0.756. The first kappa shape index (κ1) is 9.92. The van der Waals surface area contributed by atoms with Gasteiger partial charge in [-0.25, -0.2) is 9.97 Å². The van der Waals surface area contributed by atoms with E-state index >= 15 is 0 Å². The molecule has 5 nitrogen and oxygen atoms in total. The molecule has 6 heteroatoms. The van der Waals surface area contributed by atoms with Crippen LogP contribution in [0.15, 0.2) is 18.5 Å². The molecule has 2 heterocycles. The minimum atomic E-state index is 0.224. The molecule has 0 aliphatic heterocycles. The number of hydrogen-bond donors (Lipinski definition) is 1. The van der Waals surface area contributed by atoms with E-state index in [0.717, 1.165) is 11.4 Å². The predicted octanol–water partition coefficient (Wildman–Crippen LogP) is 1.92. The van der Waals surface area contributed by atoms with Crippen LogP contribution in [0.5, 0.6) is 0 Å². The van der Waals surface area contributed by atoms with Crippen molar-refractivity contribution in [2.75, 3.05) is 5.32 Å². The molecule has 0 radical (unpaired) electrons. The van der Waals surface area contributed by atoms with Crippen LogP contribution in [0.25, 0.3) is 0 Å². The third-order valence-corrected chi connectivity index (χ3v) is 2.08. The topological polar surface area (TPSA) is 55.6 Å². The second-order valence-corrected chi connectivity index (χ2v) is 3.48. The van der Waals surface area contributed by atoms with Gasteiger partial charge in [-0.3, -0.25) is 4.68 Å². The molecule has 2 aromatic heterocycles. The molecule has 1 N–H and O–H groups in total. The van der Waals surface area contributed by atoms with Crippen LogP contribution in [0.1, 0.15) is 5.69 Å². The van der Waals surface area contributed by atoms with E-state index < -0.39 is 0 Å². The summed E-state index contributed by atoms with van der Waals surface area (Å²) in [5.74, 6) is 0.658. The molecule has 0 saturated heterocycles. The summed E-state index contributed by atoms with van der Waals surface area (Å²) in [6, 6.07) is 1.75. The van der Waals surface area contributed by atoms with Crippen molar-refractivity contribution in [3.8, 4) is 0 Å². The number of anilines is 2. The average molecular weight is 224 g/mol. The summed E-state index contributed by atoms with van der Waals surface area (Å²) in [6.45, 7) is 1.92. The second kappa shape index (κ2) is 3.86. The van der Waals surface area contributed by atoms with Crippen LogP contribution in [-0.2, 0) is 7.05 Å². The number of nitrogens with zero attached hydrogens (tertiary/aromatic N) is 4. The molecule has 0 fully saturated rings. The highest BCUT2D eigenvalue weighted by atomic mass is 35.5. The van der Waals surface area contributed by atoms with Crippen LogP contribution in [0.3, 0.4) is 0 Å². The lowest BCUT2D eigenvalue weighted by Gasteiger charge is -2.02. The number of halogens is 1. The lowest BCUT2D eigenvalue weighted by atomic mass is 10.4. The van der Waals surface area contributed by atoms with Gasteiger partial charge in [-0.2, -0.15) is 5.10 Å². The molecule has 0 aromatic carbocycles. The highest BCUT2D eigenvalue weighted by molar-refractivity contribution is 6.28. The highest BCUT2D eigenvalue weighted by Gasteiger charge is 2.04. The minimum Gasteiger partial charge on any atom is -0.337 e. The fourth-order valence-electron chi connectivity index (χ4n) is 1.26. The third-order valence-electron chi connectivity index (χ3n) is 1.90. The summed E-state index contributed by atoms with van der Waals surface area (Å²) < 4.78 is 1.74. The fraction of sp³-hybridized carbons (Fsp3) is 0.222. The number of aryl methyl sites for hydroxylation is 2. The monoisotopic (exact) mass is 223 g/mol. The molecule has 0 spiro atoms. The van der Waals surface area contributed by atoms with Crippen LogP contribution >= 0.6 is 11.6 Å². The van der Waals surface area contributed by atoms with Gasteiger partial charge in [0.2, 0.25) is 5.28 Å². The Morgan fingerprint density at radius 1 is 1.47 bits per heavy atom. The van der Waals surface area contributed by atoms with Crippen LogP contribution in [0.2, 0.25) is 5.28 Å². The summed E-state index contributed by atoms with van der Waals surface area (Å²) in [5.41, 5.74) is 1.82. The molecule has 2 rings (SSSR count). The van der Waals surface area contributed by atoms with Crippen LogP contribution in [0.4, 0.5) is 11.5 Å². The van der Waals surface area contributed by atoms with Crippen molar-refractivity contribution in [1.82, 2.24) is 19.7 Å². The van der Waals surface area contributed by atoms with Crippen molar-refractivity contribution in [3.63, 3.8) is 0 Å². The van der Waals surface area contributed by atoms with E-state index in [1.54, 1.807) is 16.9 Å². The third kappa shape index (κ3) is 2.24. The zero-order chi connectivity index (χ0) is 10.8. The largest absolute Gasteiger partial charge is 0.337 e. The second-order valence-electron chi connectivity index (χ2n) is 3.14. The van der Waals surface area contributed by atoms with Gasteiger partial charge in [0.15, 0.2) is 0 Å². The van der Waals surface area contributed by atoms with Gasteiger partial charge in [0.25, 0.3) is 0 Å². The van der Waals surface area contributed by atoms with Gasteiger partial charge in [0.05, 0.1) is 11.4 Å². The quantitative estimate of drug-likeness (QED) is 0.791. The Morgan fingerprint density at radius 2 is 2.27 bits per heavy atom. The summed E-state index contributed by atoms with van der Waals surface area (Å²) in [4.78, 5) is 7.83. The standard InChI is InChI=1S/C9H10ClN5/c1-6-7(5-15(2)14-6)12-8-3-4-11-9(10)13-8/h3-5H,1-2H3,(H,11,12,13). The number of nitrogens with one attached hydrogen (secondary N) is 1. The Morgan fingerprint density at radius 3 is 2.87 bits per heavy atom. The van der Waals surface area contributed by atoms with E-state index in [9.17, 15) is 0 Å². The zero-order valence-corrected chi connectivity index (χ0v) is 9.15. The van der Waals surface area contributed by atoms with Gasteiger partial charge < -0.3 is 5.32 Å². The van der Waals surface area contributed by atoms with Gasteiger partial charge in [0.1, 0.15) is 5.82 Å². The molecule has 0 bridgehead atoms. The molecule has 2 aromatic rings. The van der Waals surface area contributed by atoms with Crippen molar-refractivity contribution >= 4 is 23.1 Å². The molecular formula is C9H10ClN5. The molecular weight excluding hydrogens is 214 g/mol. The highest BCUT2D eigenvalue weighted by Crippen LogP contribution is 2.17. The summed E-state index contributed by atoms with van der Waals surface area (Å²) >= 11 is 5.67. The Labute approximate surface area is 92.1 Å². The van der Waals surface area contributed by atoms with Crippen LogP contribution in [0, 0.1) is 6.92 Å². The molecule has 0 aliphatic carbocycles. The molecule has 0 amide bonds. The molecule has 0 unspecified atom stereocenters. The first-order valence-electron chi connectivity index (χ1n) is 4.41. The van der Waals surface area contributed by atoms with Gasteiger partial charge in [-0.05, 0) is 24.6 Å². The maximum atomic E-state index is 5.67. The molecule has 15 heavy (non-hydrogen) atoms. The van der Waals surface area contributed by atoms with Crippen molar-refractivity contribution in [3.05, 3.63) is 29.4 Å². The number of rotatable bonds is 2. The Balaban J connectivity index is 2.25. The van der Waals surface area contributed by atoms with E-state index in [-0.39, 0.29) is 5.28 Å². The maximum absolute atomic E-state index is 5.67. The molecule has 0 atom stereocenters. The number of hydrogen-bond acceptors (Lipinski definition) is 4. The van der Waals surface area contributed by atoms with E-state index in [4.69, 9.17) is 11.6 Å². The first-order valence-corrected chi connectivity index (χ1v) is 4.79. The van der Waals surface area contributed by atoms with Crippen molar-refractivity contribution in [2.45, 2.75) is 6.92 Å². The van der Waals surface area contributed by atoms with Crippen molar-refractivity contribution in [1.29, 1.82) is 0 Å². The van der Waals surface area contributed by atoms with Crippen molar-refractivity contribution in [2.24, 2.45) is 7.05 Å². The SMILES string of the molecule is Cc1nn(C)cc1Nc1ccnc(Cl)n1. The molecule has 0 saturated carbocycles. The average Bonchev–Trinajstić information content (AvgIpc) is 2.45. The van der Waals surface area contributed by atoms with Crippen molar-refractivity contribution < 1.29 is 0 Å². The van der Waals surface area contributed by atoms with Gasteiger partial charge >= 0.3 is 0 Å². The summed E-state index contributed by atoms with van der Waals surface area (Å²) in [6.07, 6.45) is 3.48. The van der Waals surface area contributed by atoms with E-state index in [1.807, 2.05) is 20.2 Å². The minimum absolute atomic E-state index is 0.224. The maximum Gasteiger partial charge on any atom is 0.224 e. The summed E-state index contributed by atoms with van der Waals surface area (Å²) in [7, 11) is 1.87. The van der Waals surface area contributed by atoms with E-state index in [2.05, 4.69) is 20.4 Å². The Kier molecular flexibility index (Phi) is 2.55. The normalized spacial score (nSPS) is 10.3. The Bertz CT molecular complexity index is 479.